The topological polar surface area (TPSA) is 159 Å². The summed E-state index contributed by atoms with van der Waals surface area (Å²) < 4.78 is 13.1. The van der Waals surface area contributed by atoms with Crippen molar-refractivity contribution < 1.29 is 23.7 Å². The lowest BCUT2D eigenvalue weighted by Gasteiger charge is -2.33. The van der Waals surface area contributed by atoms with Crippen LogP contribution in [0.5, 0.6) is 0 Å². The molecule has 4 aromatic rings. The lowest BCUT2D eigenvalue weighted by molar-refractivity contribution is -0.384. The Bertz CT molecular complexity index is 1600. The zero-order valence-corrected chi connectivity index (χ0v) is 24.1. The minimum Gasteiger partial charge on any atom is -0.451 e. The van der Waals surface area contributed by atoms with Crippen molar-refractivity contribution in [2.75, 3.05) is 33.4 Å². The number of ether oxygens (including phenoxy) is 1. The highest BCUT2D eigenvalue weighted by Crippen LogP contribution is 2.30. The maximum atomic E-state index is 13.2. The number of methoxy groups -OCH3 is 1. The molecule has 5 rings (SSSR count). The predicted molar refractivity (Wildman–Crippen MR) is 161 cm³/mol. The second-order valence-corrected chi connectivity index (χ2v) is 10.8. The van der Waals surface area contributed by atoms with Crippen LogP contribution < -0.4 is 11.1 Å². The van der Waals surface area contributed by atoms with E-state index in [-0.39, 0.29) is 36.2 Å². The first-order valence-corrected chi connectivity index (χ1v) is 14.4. The first-order valence-electron chi connectivity index (χ1n) is 14.4. The molecule has 0 radical (unpaired) electrons. The van der Waals surface area contributed by atoms with Gasteiger partial charge in [0.1, 0.15) is 11.6 Å². The number of rotatable bonds is 12. The van der Waals surface area contributed by atoms with Crippen LogP contribution in [0.3, 0.4) is 0 Å². The summed E-state index contributed by atoms with van der Waals surface area (Å²) in [5.41, 5.74) is 8.70. The molecule has 43 heavy (non-hydrogen) atoms. The summed E-state index contributed by atoms with van der Waals surface area (Å²) in [7, 11) is 1.70. The number of aromatic nitrogens is 2. The number of nitrogens with one attached hydrogen (secondary N) is 1. The Balaban J connectivity index is 1.16. The maximum Gasteiger partial charge on any atom is 0.287 e. The molecular formula is C31H36N6O6. The van der Waals surface area contributed by atoms with Gasteiger partial charge < -0.3 is 29.7 Å². The average molecular weight is 589 g/mol. The number of nitro benzene ring substituents is 1. The number of nitrogens with zero attached hydrogens (tertiary/aromatic N) is 4. The Morgan fingerprint density at radius 2 is 2.05 bits per heavy atom. The molecule has 1 aliphatic rings. The monoisotopic (exact) mass is 588 g/mol. The molecule has 3 N–H and O–H groups in total. The predicted octanol–water partition coefficient (Wildman–Crippen LogP) is 4.09. The number of non-ortho nitro benzene ring substituents is 1. The highest BCUT2D eigenvalue weighted by Gasteiger charge is 2.29. The molecular weight excluding hydrogens is 552 g/mol. The summed E-state index contributed by atoms with van der Waals surface area (Å²) >= 11 is 0. The van der Waals surface area contributed by atoms with Gasteiger partial charge in [-0.15, -0.1) is 0 Å². The number of piperidine rings is 1. The lowest BCUT2D eigenvalue weighted by Crippen LogP contribution is -2.45. The van der Waals surface area contributed by atoms with Crippen LogP contribution in [0.4, 0.5) is 5.69 Å². The number of imidazole rings is 1. The van der Waals surface area contributed by atoms with Gasteiger partial charge in [0.2, 0.25) is 5.91 Å². The van der Waals surface area contributed by atoms with Crippen molar-refractivity contribution in [3.8, 4) is 11.3 Å². The molecule has 1 fully saturated rings. The zero-order chi connectivity index (χ0) is 30.3. The van der Waals surface area contributed by atoms with Crippen LogP contribution in [0.2, 0.25) is 0 Å². The number of fused-ring (bicyclic) bond motifs is 1. The number of carbonyl (C=O) groups is 2. The first kappa shape index (κ1) is 29.9. The van der Waals surface area contributed by atoms with Crippen molar-refractivity contribution in [1.82, 2.24) is 19.8 Å². The third kappa shape index (κ3) is 7.09. The maximum absolute atomic E-state index is 13.2. The molecule has 2 atom stereocenters. The number of hydrogen-bond donors (Lipinski definition) is 2. The smallest absolute Gasteiger partial charge is 0.287 e. The van der Waals surface area contributed by atoms with Crippen LogP contribution in [0.1, 0.15) is 48.0 Å². The first-order chi connectivity index (χ1) is 20.8. The summed E-state index contributed by atoms with van der Waals surface area (Å²) in [6, 6.07) is 16.6. The molecule has 2 aromatic carbocycles. The molecule has 1 saturated heterocycles. The van der Waals surface area contributed by atoms with Gasteiger partial charge in [-0.3, -0.25) is 19.7 Å². The molecule has 12 heteroatoms. The van der Waals surface area contributed by atoms with Gasteiger partial charge in [-0.25, -0.2) is 4.98 Å². The summed E-state index contributed by atoms with van der Waals surface area (Å²) in [5.74, 6) is 0.953. The zero-order valence-electron chi connectivity index (χ0n) is 24.1. The Morgan fingerprint density at radius 1 is 1.21 bits per heavy atom. The van der Waals surface area contributed by atoms with Crippen molar-refractivity contribution >= 4 is 28.5 Å². The lowest BCUT2D eigenvalue weighted by atomic mass is 9.96. The fourth-order valence-corrected chi connectivity index (χ4v) is 5.55. The second kappa shape index (κ2) is 13.6. The molecule has 2 aromatic heterocycles. The van der Waals surface area contributed by atoms with E-state index >= 15 is 0 Å². The summed E-state index contributed by atoms with van der Waals surface area (Å²) in [6.07, 6.45) is 2.78. The summed E-state index contributed by atoms with van der Waals surface area (Å²) in [6.45, 7) is 2.77. The van der Waals surface area contributed by atoms with Gasteiger partial charge in [-0.1, -0.05) is 24.3 Å². The van der Waals surface area contributed by atoms with Crippen molar-refractivity contribution in [1.29, 1.82) is 0 Å². The van der Waals surface area contributed by atoms with E-state index in [1.165, 1.54) is 18.2 Å². The van der Waals surface area contributed by atoms with Gasteiger partial charge in [0.05, 0.1) is 16.0 Å². The van der Waals surface area contributed by atoms with Crippen molar-refractivity contribution in [2.45, 2.75) is 44.2 Å². The van der Waals surface area contributed by atoms with E-state index in [1.54, 1.807) is 25.3 Å². The van der Waals surface area contributed by atoms with Gasteiger partial charge in [-0.2, -0.15) is 0 Å². The van der Waals surface area contributed by atoms with E-state index in [4.69, 9.17) is 19.9 Å². The summed E-state index contributed by atoms with van der Waals surface area (Å²) in [5, 5.41) is 13.8. The quantitative estimate of drug-likeness (QED) is 0.142. The van der Waals surface area contributed by atoms with Crippen LogP contribution in [-0.4, -0.2) is 70.6 Å². The van der Waals surface area contributed by atoms with Crippen LogP contribution in [0.25, 0.3) is 22.4 Å². The Morgan fingerprint density at radius 3 is 2.86 bits per heavy atom. The molecule has 12 nitrogen and oxygen atoms in total. The third-order valence-electron chi connectivity index (χ3n) is 7.69. The molecule has 3 heterocycles. The Hall–Kier alpha value is -4.55. The van der Waals surface area contributed by atoms with E-state index in [1.807, 2.05) is 23.1 Å². The number of furan rings is 1. The molecule has 0 unspecified atom stereocenters. The second-order valence-electron chi connectivity index (χ2n) is 10.8. The molecule has 0 spiro atoms. The van der Waals surface area contributed by atoms with Crippen LogP contribution in [0, 0.1) is 10.1 Å². The van der Waals surface area contributed by atoms with Crippen LogP contribution in [0.15, 0.2) is 65.1 Å². The standard InChI is InChI=1S/C31H36N6O6/c1-42-16-6-15-36-26-11-3-2-10-25(26)34-30(36)22-8-5-14-35(20-22)29(38)18-23(32)19-33-31(39)28-13-12-27(43-28)21-7-4-9-24(17-21)37(40)41/h2-4,7,9-13,17,22-23H,5-6,8,14-16,18-20,32H2,1H3,(H,33,39)/t22-,23+/m1/s1. The number of benzene rings is 2. The number of likely N-dealkylation sites (tertiary alicyclic amines) is 1. The number of nitrogens with two attached hydrogens (primary N) is 1. The van der Waals surface area contributed by atoms with Gasteiger partial charge in [0, 0.05) is 76.0 Å². The minimum atomic E-state index is -0.582. The van der Waals surface area contributed by atoms with E-state index in [0.29, 0.717) is 31.0 Å². The number of amides is 2. The van der Waals surface area contributed by atoms with E-state index in [2.05, 4.69) is 16.0 Å². The number of aryl methyl sites for hydroxylation is 1. The largest absolute Gasteiger partial charge is 0.451 e. The molecule has 0 bridgehead atoms. The number of nitro groups is 1. The van der Waals surface area contributed by atoms with Crippen molar-refractivity contribution in [3.05, 3.63) is 82.4 Å². The Labute approximate surface area is 249 Å². The fraction of sp³-hybridized carbons (Fsp3) is 0.387. The minimum absolute atomic E-state index is 0.0484. The van der Waals surface area contributed by atoms with E-state index in [9.17, 15) is 19.7 Å². The molecule has 0 saturated carbocycles. The number of carbonyl (C=O) groups excluding carboxylic acids is 2. The molecule has 1 aliphatic heterocycles. The van der Waals surface area contributed by atoms with Crippen LogP contribution in [-0.2, 0) is 16.1 Å². The highest BCUT2D eigenvalue weighted by molar-refractivity contribution is 5.92. The Kier molecular flexibility index (Phi) is 9.48. The SMILES string of the molecule is COCCCn1c([C@@H]2CCCN(C(=O)C[C@H](N)CNC(=O)c3ccc(-c4cccc([N+](=O)[O-])c4)o3)C2)nc2ccccc21. The number of para-hydroxylation sites is 2. The normalized spacial score (nSPS) is 15.9. The average Bonchev–Trinajstić information content (AvgIpc) is 3.66. The van der Waals surface area contributed by atoms with Gasteiger partial charge >= 0.3 is 0 Å². The van der Waals surface area contributed by atoms with Crippen molar-refractivity contribution in [2.24, 2.45) is 5.73 Å². The highest BCUT2D eigenvalue weighted by atomic mass is 16.6. The van der Waals surface area contributed by atoms with Gasteiger partial charge in [0.15, 0.2) is 5.76 Å². The van der Waals surface area contributed by atoms with Gasteiger partial charge in [0.25, 0.3) is 11.6 Å². The number of hydrogen-bond acceptors (Lipinski definition) is 8. The van der Waals surface area contributed by atoms with Gasteiger partial charge in [-0.05, 0) is 43.5 Å². The van der Waals surface area contributed by atoms with E-state index < -0.39 is 16.9 Å². The summed E-state index contributed by atoms with van der Waals surface area (Å²) in [4.78, 5) is 43.3. The van der Waals surface area contributed by atoms with Crippen molar-refractivity contribution in [3.63, 3.8) is 0 Å². The molecule has 0 aliphatic carbocycles. The molecule has 2 amide bonds. The fourth-order valence-electron chi connectivity index (χ4n) is 5.55. The van der Waals surface area contributed by atoms with E-state index in [0.717, 1.165) is 42.7 Å². The molecule has 226 valence electrons. The third-order valence-corrected chi connectivity index (χ3v) is 7.69. The van der Waals surface area contributed by atoms with Crippen LogP contribution >= 0.6 is 0 Å².